The van der Waals surface area contributed by atoms with Crippen molar-refractivity contribution in [1.82, 2.24) is 10.2 Å². The number of carbonyl (C=O) groups excluding carboxylic acids is 1. The van der Waals surface area contributed by atoms with Crippen LogP contribution in [0.15, 0.2) is 91.0 Å². The Hall–Kier alpha value is -4.33. The maximum absolute atomic E-state index is 10.1. The molecule has 2 saturated heterocycles. The Bertz CT molecular complexity index is 1750. The topological polar surface area (TPSA) is 60.0 Å². The quantitative estimate of drug-likeness (QED) is 0.155. The van der Waals surface area contributed by atoms with Crippen molar-refractivity contribution < 1.29 is 19.0 Å². The fourth-order valence-corrected chi connectivity index (χ4v) is 7.47. The second-order valence-corrected chi connectivity index (χ2v) is 13.1. The Balaban J connectivity index is 0.000000580. The molecule has 2 aliphatic heterocycles. The predicted octanol–water partition coefficient (Wildman–Crippen LogP) is 8.64. The first-order valence-corrected chi connectivity index (χ1v) is 17.5. The minimum atomic E-state index is 0.204. The number of carbonyl (C=O) groups is 1. The highest BCUT2D eigenvalue weighted by Crippen LogP contribution is 2.42. The summed E-state index contributed by atoms with van der Waals surface area (Å²) in [6.07, 6.45) is 5.17. The van der Waals surface area contributed by atoms with Crippen LogP contribution in [0.25, 0.3) is 20.5 Å². The third-order valence-electron chi connectivity index (χ3n) is 8.67. The van der Waals surface area contributed by atoms with Crippen LogP contribution in [0.1, 0.15) is 54.9 Å². The van der Waals surface area contributed by atoms with Gasteiger partial charge in [-0.1, -0.05) is 42.5 Å². The van der Waals surface area contributed by atoms with E-state index in [0.29, 0.717) is 13.2 Å². The summed E-state index contributed by atoms with van der Waals surface area (Å²) in [5, 5.41) is 3.95. The highest BCUT2D eigenvalue weighted by molar-refractivity contribution is 7.22. The van der Waals surface area contributed by atoms with Gasteiger partial charge in [-0.3, -0.25) is 9.69 Å². The molecule has 0 spiro atoms. The van der Waals surface area contributed by atoms with Gasteiger partial charge in [0.1, 0.15) is 23.9 Å². The fourth-order valence-electron chi connectivity index (χ4n) is 6.22. The van der Waals surface area contributed by atoms with Gasteiger partial charge in [0, 0.05) is 34.7 Å². The largest absolute Gasteiger partial charge is 0.496 e. The molecule has 0 saturated carbocycles. The van der Waals surface area contributed by atoms with Gasteiger partial charge in [-0.15, -0.1) is 11.3 Å². The molecule has 0 unspecified atom stereocenters. The molecule has 0 bridgehead atoms. The number of ether oxygens (including phenoxy) is 3. The molecule has 0 radical (unpaired) electrons. The zero-order valence-corrected chi connectivity index (χ0v) is 28.2. The van der Waals surface area contributed by atoms with Crippen molar-refractivity contribution in [3.8, 4) is 27.7 Å². The lowest BCUT2D eigenvalue weighted by Gasteiger charge is -2.18. The molecular weight excluding hydrogens is 605 g/mol. The average Bonchev–Trinajstić information content (AvgIpc) is 3.88. The van der Waals surface area contributed by atoms with Crippen LogP contribution < -0.4 is 19.5 Å². The van der Waals surface area contributed by atoms with E-state index in [0.717, 1.165) is 55.2 Å². The number of amides is 1. The van der Waals surface area contributed by atoms with Gasteiger partial charge in [-0.05, 0) is 122 Å². The van der Waals surface area contributed by atoms with Gasteiger partial charge in [-0.25, -0.2) is 0 Å². The van der Waals surface area contributed by atoms with Crippen LogP contribution in [-0.2, 0) is 24.4 Å². The first-order valence-electron chi connectivity index (χ1n) is 16.7. The Morgan fingerprint density at radius 1 is 0.830 bits per heavy atom. The number of thiophene rings is 1. The molecule has 7 heteroatoms. The van der Waals surface area contributed by atoms with E-state index in [9.17, 15) is 4.79 Å². The number of hydrogen-bond acceptors (Lipinski definition) is 6. The highest BCUT2D eigenvalue weighted by atomic mass is 32.1. The zero-order valence-electron chi connectivity index (χ0n) is 27.4. The summed E-state index contributed by atoms with van der Waals surface area (Å²) in [7, 11) is 1.79. The number of hydrogen-bond donors (Lipinski definition) is 1. The first-order chi connectivity index (χ1) is 23.1. The fraction of sp³-hybridized carbons (Fsp3) is 0.325. The second-order valence-electron chi connectivity index (χ2n) is 12.1. The normalized spacial score (nSPS) is 14.5. The molecule has 5 aromatic rings. The Morgan fingerprint density at radius 2 is 1.62 bits per heavy atom. The number of nitrogens with one attached hydrogen (secondary N) is 1. The van der Waals surface area contributed by atoms with Gasteiger partial charge in [0.25, 0.3) is 0 Å². The molecule has 4 aromatic carbocycles. The second kappa shape index (κ2) is 16.0. The van der Waals surface area contributed by atoms with E-state index in [-0.39, 0.29) is 5.91 Å². The van der Waals surface area contributed by atoms with Crippen molar-refractivity contribution in [2.24, 2.45) is 0 Å². The van der Waals surface area contributed by atoms with Gasteiger partial charge >= 0.3 is 0 Å². The average molecular weight is 649 g/mol. The zero-order chi connectivity index (χ0) is 32.4. The number of fused-ring (bicyclic) bond motifs is 1. The van der Waals surface area contributed by atoms with Crippen LogP contribution in [0, 0.1) is 0 Å². The third-order valence-corrected chi connectivity index (χ3v) is 9.91. The molecule has 0 atom stereocenters. The first kappa shape index (κ1) is 32.6. The van der Waals surface area contributed by atoms with Gasteiger partial charge in [-0.2, -0.15) is 0 Å². The maximum Gasteiger partial charge on any atom is 0.220 e. The van der Waals surface area contributed by atoms with Crippen molar-refractivity contribution in [1.29, 1.82) is 0 Å². The molecule has 7 rings (SSSR count). The Labute approximate surface area is 282 Å². The van der Waals surface area contributed by atoms with E-state index in [2.05, 4.69) is 83.0 Å². The maximum atomic E-state index is 10.1. The number of methoxy groups -OCH3 is 1. The Morgan fingerprint density at radius 3 is 2.30 bits per heavy atom. The molecule has 47 heavy (non-hydrogen) atoms. The van der Waals surface area contributed by atoms with Crippen LogP contribution >= 0.6 is 11.3 Å². The van der Waals surface area contributed by atoms with Crippen molar-refractivity contribution in [2.75, 3.05) is 33.4 Å². The summed E-state index contributed by atoms with van der Waals surface area (Å²) in [4.78, 5) is 13.9. The smallest absolute Gasteiger partial charge is 0.220 e. The summed E-state index contributed by atoms with van der Waals surface area (Å²) >= 11 is 1.83. The van der Waals surface area contributed by atoms with Crippen molar-refractivity contribution in [3.63, 3.8) is 0 Å². The number of likely N-dealkylation sites (tertiary alicyclic amines) is 1. The van der Waals surface area contributed by atoms with Crippen LogP contribution in [0.2, 0.25) is 0 Å². The molecule has 0 aliphatic carbocycles. The highest BCUT2D eigenvalue weighted by Gasteiger charge is 2.18. The number of nitrogens with zero attached hydrogens (tertiary/aromatic N) is 1. The molecule has 2 aliphatic rings. The van der Waals surface area contributed by atoms with E-state index >= 15 is 0 Å². The van der Waals surface area contributed by atoms with E-state index in [1.807, 2.05) is 36.5 Å². The lowest BCUT2D eigenvalue weighted by molar-refractivity contribution is -0.119. The van der Waals surface area contributed by atoms with Gasteiger partial charge < -0.3 is 19.5 Å². The summed E-state index contributed by atoms with van der Waals surface area (Å²) in [5.41, 5.74) is 6.22. The van der Waals surface area contributed by atoms with Crippen LogP contribution in [0.3, 0.4) is 0 Å². The summed E-state index contributed by atoms with van der Waals surface area (Å²) in [5.74, 6) is 2.97. The van der Waals surface area contributed by atoms with Crippen molar-refractivity contribution >= 4 is 27.3 Å². The molecular formula is C40H44N2O4S. The van der Waals surface area contributed by atoms with E-state index in [4.69, 9.17) is 14.2 Å². The van der Waals surface area contributed by atoms with Crippen LogP contribution in [-0.4, -0.2) is 44.2 Å². The third kappa shape index (κ3) is 8.53. The monoisotopic (exact) mass is 648 g/mol. The standard InChI is InChI=1S/C36H37NO3S.C4H7NO/c1-3-39-30-15-13-28(14-16-30)36-33(21-27-11-12-29(34(22-27)38-2)24-37-19-7-8-20-37)32-18-17-31(23-35(32)41-36)40-25-26-9-5-4-6-10-26;6-4-2-1-3-5-4/h4-6,9-18,22-23H,3,7-8,19-21,24-25H2,1-2H3;1-3H2,(H,5,6). The minimum Gasteiger partial charge on any atom is -0.496 e. The van der Waals surface area contributed by atoms with Gasteiger partial charge in [0.05, 0.1) is 13.7 Å². The molecule has 244 valence electrons. The number of benzene rings is 4. The molecule has 1 N–H and O–H groups in total. The SMILES string of the molecule is CCOc1ccc(-c2sc3cc(OCc4ccccc4)ccc3c2Cc2ccc(CN3CCCC3)c(OC)c2)cc1.O=C1CCCN1. The molecule has 3 heterocycles. The number of rotatable bonds is 11. The van der Waals surface area contributed by atoms with Crippen molar-refractivity contribution in [3.05, 3.63) is 113 Å². The molecule has 1 aromatic heterocycles. The van der Waals surface area contributed by atoms with Gasteiger partial charge in [0.15, 0.2) is 0 Å². The summed E-state index contributed by atoms with van der Waals surface area (Å²) < 4.78 is 19.0. The predicted molar refractivity (Wildman–Crippen MR) is 192 cm³/mol. The molecule has 2 fully saturated rings. The molecule has 1 amide bonds. The summed E-state index contributed by atoms with van der Waals surface area (Å²) in [6, 6.07) is 32.1. The van der Waals surface area contributed by atoms with Gasteiger partial charge in [0.2, 0.25) is 5.91 Å². The van der Waals surface area contributed by atoms with Crippen LogP contribution in [0.4, 0.5) is 0 Å². The van der Waals surface area contributed by atoms with Crippen LogP contribution in [0.5, 0.6) is 17.2 Å². The molecule has 6 nitrogen and oxygen atoms in total. The lowest BCUT2D eigenvalue weighted by Crippen LogP contribution is -2.18. The van der Waals surface area contributed by atoms with Crippen molar-refractivity contribution in [2.45, 2.75) is 52.2 Å². The van der Waals surface area contributed by atoms with E-state index < -0.39 is 0 Å². The van der Waals surface area contributed by atoms with E-state index in [1.54, 1.807) is 7.11 Å². The van der Waals surface area contributed by atoms with E-state index in [1.165, 1.54) is 63.1 Å². The minimum absolute atomic E-state index is 0.204. The lowest BCUT2D eigenvalue weighted by atomic mass is 9.97. The summed E-state index contributed by atoms with van der Waals surface area (Å²) in [6.45, 7) is 7.42. The Kier molecular flexibility index (Phi) is 11.1.